The molecule has 0 aliphatic heterocycles. The summed E-state index contributed by atoms with van der Waals surface area (Å²) in [6, 6.07) is 24.2. The predicted octanol–water partition coefficient (Wildman–Crippen LogP) is 4.15. The molecule has 8 nitrogen and oxygen atoms in total. The van der Waals surface area contributed by atoms with Crippen molar-refractivity contribution >= 4 is 33.4 Å². The molecule has 0 fully saturated rings. The molecule has 0 radical (unpaired) electrons. The number of hydrogen-bond donors (Lipinski definition) is 2. The number of sulfonamides is 1. The normalized spacial score (nSPS) is 11.5. The quantitative estimate of drug-likeness (QED) is 0.408. The van der Waals surface area contributed by atoms with Gasteiger partial charge in [-0.15, -0.1) is 0 Å². The van der Waals surface area contributed by atoms with Crippen LogP contribution in [0.15, 0.2) is 95.1 Å². The fourth-order valence-electron chi connectivity index (χ4n) is 3.52. The average Bonchev–Trinajstić information content (AvgIpc) is 3.07. The number of carbonyl (C=O) groups is 1. The van der Waals surface area contributed by atoms with E-state index in [1.165, 1.54) is 35.0 Å². The highest BCUT2D eigenvalue weighted by Gasteiger charge is 2.19. The van der Waals surface area contributed by atoms with Crippen LogP contribution in [0.2, 0.25) is 0 Å². The van der Waals surface area contributed by atoms with Crippen LogP contribution in [0, 0.1) is 6.92 Å². The third-order valence-electron chi connectivity index (χ3n) is 5.44. The zero-order valence-corrected chi connectivity index (χ0v) is 20.0. The topological polar surface area (TPSA) is 102 Å². The average molecular weight is 489 g/mol. The summed E-state index contributed by atoms with van der Waals surface area (Å²) in [7, 11) is -1.99. The summed E-state index contributed by atoms with van der Waals surface area (Å²) in [5.41, 5.74) is 2.45. The van der Waals surface area contributed by atoms with E-state index >= 15 is 0 Å². The molecule has 3 aromatic carbocycles. The van der Waals surface area contributed by atoms with Crippen molar-refractivity contribution in [1.82, 2.24) is 9.36 Å². The van der Waals surface area contributed by atoms with Gasteiger partial charge in [0.2, 0.25) is 0 Å². The number of rotatable bonds is 7. The summed E-state index contributed by atoms with van der Waals surface area (Å²) in [6.45, 7) is 1.75. The van der Waals surface area contributed by atoms with Gasteiger partial charge in [-0.2, -0.15) is 0 Å². The molecule has 0 aliphatic carbocycles. The molecule has 4 rings (SSSR count). The highest BCUT2D eigenvalue weighted by atomic mass is 32.2. The number of nitrogens with zero attached hydrogens (tertiary/aromatic N) is 2. The van der Waals surface area contributed by atoms with E-state index in [2.05, 4.69) is 10.0 Å². The molecule has 4 aromatic rings. The van der Waals surface area contributed by atoms with Gasteiger partial charge in [0.25, 0.3) is 21.5 Å². The highest BCUT2D eigenvalue weighted by Crippen LogP contribution is 2.17. The van der Waals surface area contributed by atoms with E-state index in [1.54, 1.807) is 42.9 Å². The van der Waals surface area contributed by atoms with Gasteiger partial charge < -0.3 is 5.32 Å². The Kier molecular flexibility index (Phi) is 6.70. The molecule has 1 aromatic heterocycles. The number of benzene rings is 3. The van der Waals surface area contributed by atoms with Crippen LogP contribution in [0.3, 0.4) is 0 Å². The first-order valence-corrected chi connectivity index (χ1v) is 12.3. The molecule has 0 aliphatic rings. The zero-order chi connectivity index (χ0) is 25.0. The third kappa shape index (κ3) is 5.42. The maximum Gasteiger partial charge on any atom is 0.295 e. The van der Waals surface area contributed by atoms with Gasteiger partial charge in [-0.25, -0.2) is 13.1 Å². The second-order valence-electron chi connectivity index (χ2n) is 7.83. The number of para-hydroxylation sites is 1. The van der Waals surface area contributed by atoms with E-state index in [0.29, 0.717) is 17.1 Å². The van der Waals surface area contributed by atoms with Crippen molar-refractivity contribution < 1.29 is 13.2 Å². The van der Waals surface area contributed by atoms with Crippen molar-refractivity contribution in [2.75, 3.05) is 10.0 Å². The van der Waals surface area contributed by atoms with E-state index in [4.69, 9.17) is 0 Å². The van der Waals surface area contributed by atoms with Crippen molar-refractivity contribution in [3.8, 4) is 5.69 Å². The van der Waals surface area contributed by atoms with Gasteiger partial charge in [-0.05, 0) is 55.0 Å². The highest BCUT2D eigenvalue weighted by molar-refractivity contribution is 7.95. The molecule has 0 saturated carbocycles. The Bertz CT molecular complexity index is 1540. The van der Waals surface area contributed by atoms with Gasteiger partial charge in [0.1, 0.15) is 5.69 Å². The fourth-order valence-corrected chi connectivity index (χ4v) is 4.39. The van der Waals surface area contributed by atoms with Crippen LogP contribution in [0.4, 0.5) is 11.4 Å². The van der Waals surface area contributed by atoms with Gasteiger partial charge in [-0.3, -0.25) is 19.0 Å². The van der Waals surface area contributed by atoms with E-state index in [9.17, 15) is 18.0 Å². The Morgan fingerprint density at radius 1 is 0.886 bits per heavy atom. The van der Waals surface area contributed by atoms with Crippen LogP contribution < -0.4 is 15.6 Å². The van der Waals surface area contributed by atoms with Crippen LogP contribution in [-0.4, -0.2) is 23.7 Å². The first kappa shape index (κ1) is 23.8. The molecular weight excluding hydrogens is 464 g/mol. The summed E-state index contributed by atoms with van der Waals surface area (Å²) in [5.74, 6) is -0.477. The second-order valence-corrected chi connectivity index (χ2v) is 9.39. The van der Waals surface area contributed by atoms with Crippen molar-refractivity contribution in [2.45, 2.75) is 6.92 Å². The van der Waals surface area contributed by atoms with Gasteiger partial charge in [0.15, 0.2) is 0 Å². The minimum Gasteiger partial charge on any atom is -0.316 e. The first-order valence-electron chi connectivity index (χ1n) is 10.8. The largest absolute Gasteiger partial charge is 0.316 e. The zero-order valence-electron chi connectivity index (χ0n) is 19.2. The van der Waals surface area contributed by atoms with Gasteiger partial charge in [0, 0.05) is 18.3 Å². The Labute approximate surface area is 203 Å². The van der Waals surface area contributed by atoms with Crippen LogP contribution in [-0.2, 0) is 17.1 Å². The lowest BCUT2D eigenvalue weighted by Gasteiger charge is -2.07. The molecule has 0 bridgehead atoms. The lowest BCUT2D eigenvalue weighted by atomic mass is 10.2. The SMILES string of the molecule is Cc1c(NC(=O)c2ccc(NS(=O)(=O)/C=C/c3ccccc3)cc2)c(=O)n(-c2ccccc2)n1C. The second kappa shape index (κ2) is 9.86. The molecule has 2 N–H and O–H groups in total. The molecule has 35 heavy (non-hydrogen) atoms. The Hall–Kier alpha value is -4.37. The van der Waals surface area contributed by atoms with Gasteiger partial charge >= 0.3 is 0 Å². The Morgan fingerprint density at radius 3 is 2.11 bits per heavy atom. The van der Waals surface area contributed by atoms with Crippen molar-refractivity contribution in [2.24, 2.45) is 7.05 Å². The van der Waals surface area contributed by atoms with Gasteiger partial charge in [-0.1, -0.05) is 48.5 Å². The lowest BCUT2D eigenvalue weighted by Crippen LogP contribution is -2.23. The number of carbonyl (C=O) groups excluding carboxylic acids is 1. The maximum atomic E-state index is 13.0. The molecule has 0 atom stereocenters. The first-order chi connectivity index (χ1) is 16.7. The van der Waals surface area contributed by atoms with Crippen molar-refractivity contribution in [1.29, 1.82) is 0 Å². The predicted molar refractivity (Wildman–Crippen MR) is 138 cm³/mol. The smallest absolute Gasteiger partial charge is 0.295 e. The maximum absolute atomic E-state index is 13.0. The Morgan fingerprint density at radius 2 is 1.49 bits per heavy atom. The number of hydrogen-bond acceptors (Lipinski definition) is 4. The van der Waals surface area contributed by atoms with Crippen LogP contribution in [0.5, 0.6) is 0 Å². The molecule has 9 heteroatoms. The van der Waals surface area contributed by atoms with Crippen molar-refractivity contribution in [3.05, 3.63) is 118 Å². The summed E-state index contributed by atoms with van der Waals surface area (Å²) in [4.78, 5) is 25.8. The van der Waals surface area contributed by atoms with E-state index < -0.39 is 15.9 Å². The molecule has 0 unspecified atom stereocenters. The number of nitrogens with one attached hydrogen (secondary N) is 2. The summed E-state index contributed by atoms with van der Waals surface area (Å²) in [6.07, 6.45) is 1.49. The van der Waals surface area contributed by atoms with Crippen molar-refractivity contribution in [3.63, 3.8) is 0 Å². The van der Waals surface area contributed by atoms with Crippen LogP contribution >= 0.6 is 0 Å². The van der Waals surface area contributed by atoms with Crippen LogP contribution in [0.1, 0.15) is 21.6 Å². The van der Waals surface area contributed by atoms with Gasteiger partial charge in [0.05, 0.1) is 16.8 Å². The van der Waals surface area contributed by atoms with E-state index in [0.717, 1.165) is 11.0 Å². The Balaban J connectivity index is 1.48. The summed E-state index contributed by atoms with van der Waals surface area (Å²) < 4.78 is 30.3. The number of anilines is 2. The lowest BCUT2D eigenvalue weighted by molar-refractivity contribution is 0.102. The molecule has 178 valence electrons. The summed E-state index contributed by atoms with van der Waals surface area (Å²) in [5, 5.41) is 3.77. The molecule has 1 heterocycles. The minimum absolute atomic E-state index is 0.178. The molecular formula is C26H24N4O4S. The minimum atomic E-state index is -3.73. The van der Waals surface area contributed by atoms with Crippen LogP contribution in [0.25, 0.3) is 11.8 Å². The summed E-state index contributed by atoms with van der Waals surface area (Å²) >= 11 is 0. The van der Waals surface area contributed by atoms with E-state index in [1.807, 2.05) is 36.4 Å². The monoisotopic (exact) mass is 488 g/mol. The van der Waals surface area contributed by atoms with E-state index in [-0.39, 0.29) is 16.8 Å². The molecule has 0 spiro atoms. The molecule has 0 saturated heterocycles. The fraction of sp³-hybridized carbons (Fsp3) is 0.0769. The number of aromatic nitrogens is 2. The third-order valence-corrected chi connectivity index (χ3v) is 6.45. The number of amides is 1. The standard InChI is InChI=1S/C26H24N4O4S/c1-19-24(26(32)30(29(19)2)23-11-7-4-8-12-23)27-25(31)21-13-15-22(16-14-21)28-35(33,34)18-17-20-9-5-3-6-10-20/h3-18,28H,1-2H3,(H,27,31)/b18-17+. The molecule has 1 amide bonds.